The van der Waals surface area contributed by atoms with Gasteiger partial charge in [0.15, 0.2) is 0 Å². The molecule has 2 amide bonds. The highest BCUT2D eigenvalue weighted by Crippen LogP contribution is 2.54. The predicted octanol–water partition coefficient (Wildman–Crippen LogP) is 6.10. The zero-order chi connectivity index (χ0) is 32.6. The molecule has 0 bridgehead atoms. The maximum absolute atomic E-state index is 14.9. The summed E-state index contributed by atoms with van der Waals surface area (Å²) in [5.41, 5.74) is -0.0277. The van der Waals surface area contributed by atoms with Crippen molar-refractivity contribution in [1.82, 2.24) is 24.7 Å². The number of carbonyl (C=O) groups excluding carboxylic acids is 1. The van der Waals surface area contributed by atoms with E-state index in [0.717, 1.165) is 11.1 Å². The van der Waals surface area contributed by atoms with Crippen LogP contribution in [-0.4, -0.2) is 87.6 Å². The lowest BCUT2D eigenvalue weighted by Gasteiger charge is -2.47. The minimum atomic E-state index is -1.02. The van der Waals surface area contributed by atoms with Crippen LogP contribution in [0.5, 0.6) is 5.88 Å². The van der Waals surface area contributed by atoms with Crippen LogP contribution in [0.25, 0.3) is 0 Å². The smallest absolute Gasteiger partial charge is 0.326 e. The number of aliphatic hydroxyl groups excluding tert-OH is 1. The summed E-state index contributed by atoms with van der Waals surface area (Å²) in [6.45, 7) is 15.5. The summed E-state index contributed by atoms with van der Waals surface area (Å²) in [5, 5.41) is 10.7. The largest absolute Gasteiger partial charge is 0.477 e. The van der Waals surface area contributed by atoms with Gasteiger partial charge in [0.25, 0.3) is 0 Å². The minimum absolute atomic E-state index is 0.0791. The number of rotatable bonds is 7. The zero-order valence-electron chi connectivity index (χ0n) is 26.8. The maximum Gasteiger partial charge on any atom is 0.326 e. The van der Waals surface area contributed by atoms with E-state index in [9.17, 15) is 9.90 Å². The number of hydrogen-bond acceptors (Lipinski definition) is 7. The molecule has 3 aromatic rings. The van der Waals surface area contributed by atoms with Gasteiger partial charge in [-0.1, -0.05) is 68.2 Å². The molecule has 0 spiro atoms. The number of aromatic nitrogens is 2. The van der Waals surface area contributed by atoms with E-state index in [1.807, 2.05) is 95.0 Å². The number of ether oxygens (including phenoxy) is 1. The van der Waals surface area contributed by atoms with Crippen molar-refractivity contribution in [2.75, 3.05) is 45.9 Å². The molecule has 5 rings (SSSR count). The zero-order valence-corrected chi connectivity index (χ0v) is 28.4. The lowest BCUT2D eigenvalue weighted by molar-refractivity contribution is 0.0819. The van der Waals surface area contributed by atoms with Gasteiger partial charge >= 0.3 is 6.03 Å². The number of halogens is 2. The number of amidine groups is 1. The first-order valence-electron chi connectivity index (χ1n) is 15.4. The van der Waals surface area contributed by atoms with Crippen molar-refractivity contribution < 1.29 is 14.6 Å². The molecule has 0 unspecified atom stereocenters. The Kier molecular flexibility index (Phi) is 9.48. The Labute approximate surface area is 275 Å². The molecular weight excluding hydrogens is 611 g/mol. The average Bonchev–Trinajstić information content (AvgIpc) is 3.25. The fraction of sp³-hybridized carbons (Fsp3) is 0.471. The van der Waals surface area contributed by atoms with Crippen molar-refractivity contribution >= 4 is 35.1 Å². The number of aliphatic imine (C=N–C) groups is 1. The second-order valence-corrected chi connectivity index (χ2v) is 13.7. The third-order valence-corrected chi connectivity index (χ3v) is 9.45. The molecule has 3 heterocycles. The minimum Gasteiger partial charge on any atom is -0.477 e. The van der Waals surface area contributed by atoms with Crippen LogP contribution >= 0.6 is 23.2 Å². The standard InChI is InChI=1S/C34H42Cl2N6O3/c1-7-45-29-27(22-37-30(38-29)32(2,3)4)28-39-33(5,23-8-12-25(35)13-9-23)34(6,24-10-14-26(36)15-11-24)42(28)31(44)41-18-16-40(17-19-41)20-21-43/h8-15,22,43H,7,16-21H2,1-6H3/t33-,34+/m0/s1. The van der Waals surface area contributed by atoms with Gasteiger partial charge in [0.05, 0.1) is 18.8 Å². The van der Waals surface area contributed by atoms with Gasteiger partial charge in [-0.2, -0.15) is 4.98 Å². The van der Waals surface area contributed by atoms with Gasteiger partial charge in [-0.3, -0.25) is 14.8 Å². The lowest BCUT2D eigenvalue weighted by atomic mass is 9.71. The number of hydrogen-bond donors (Lipinski definition) is 1. The molecule has 11 heteroatoms. The number of nitrogens with zero attached hydrogens (tertiary/aromatic N) is 6. The van der Waals surface area contributed by atoms with E-state index < -0.39 is 11.1 Å². The molecule has 0 saturated carbocycles. The van der Waals surface area contributed by atoms with Gasteiger partial charge in [0.1, 0.15) is 22.7 Å². The highest BCUT2D eigenvalue weighted by Gasteiger charge is 2.60. The van der Waals surface area contributed by atoms with Gasteiger partial charge in [-0.25, -0.2) is 9.78 Å². The van der Waals surface area contributed by atoms with E-state index in [1.54, 1.807) is 11.1 Å². The number of carbonyl (C=O) groups is 1. The molecule has 45 heavy (non-hydrogen) atoms. The van der Waals surface area contributed by atoms with Crippen molar-refractivity contribution in [1.29, 1.82) is 0 Å². The quantitative estimate of drug-likeness (QED) is 0.331. The first-order chi connectivity index (χ1) is 21.3. The van der Waals surface area contributed by atoms with E-state index in [4.69, 9.17) is 42.9 Å². The van der Waals surface area contributed by atoms with E-state index >= 15 is 0 Å². The van der Waals surface area contributed by atoms with Gasteiger partial charge in [-0.15, -0.1) is 0 Å². The number of urea groups is 1. The molecule has 9 nitrogen and oxygen atoms in total. The molecule has 1 saturated heterocycles. The lowest BCUT2D eigenvalue weighted by Crippen LogP contribution is -2.60. The summed E-state index contributed by atoms with van der Waals surface area (Å²) in [4.78, 5) is 35.8. The third kappa shape index (κ3) is 6.15. The second kappa shape index (κ2) is 12.9. The van der Waals surface area contributed by atoms with Crippen LogP contribution in [0.2, 0.25) is 10.0 Å². The topological polar surface area (TPSA) is 94.4 Å². The predicted molar refractivity (Wildman–Crippen MR) is 178 cm³/mol. The number of aliphatic hydroxyl groups is 1. The molecule has 1 fully saturated rings. The van der Waals surface area contributed by atoms with E-state index in [-0.39, 0.29) is 18.1 Å². The maximum atomic E-state index is 14.9. The Morgan fingerprint density at radius 2 is 1.53 bits per heavy atom. The van der Waals surface area contributed by atoms with Crippen molar-refractivity contribution in [3.8, 4) is 5.88 Å². The number of amides is 2. The normalized spacial score (nSPS) is 22.5. The monoisotopic (exact) mass is 652 g/mol. The molecule has 240 valence electrons. The molecule has 0 aliphatic carbocycles. The van der Waals surface area contributed by atoms with Gasteiger partial charge in [0.2, 0.25) is 5.88 Å². The van der Waals surface area contributed by atoms with Crippen molar-refractivity contribution in [3.63, 3.8) is 0 Å². The van der Waals surface area contributed by atoms with E-state index in [0.29, 0.717) is 72.5 Å². The molecule has 0 radical (unpaired) electrons. The molecular formula is C34H42Cl2N6O3. The van der Waals surface area contributed by atoms with Crippen LogP contribution in [0.15, 0.2) is 59.7 Å². The van der Waals surface area contributed by atoms with Crippen LogP contribution in [0.1, 0.15) is 64.1 Å². The molecule has 1 aromatic heterocycles. The average molecular weight is 654 g/mol. The summed E-state index contributed by atoms with van der Waals surface area (Å²) >= 11 is 12.7. The van der Waals surface area contributed by atoms with Crippen LogP contribution in [0.3, 0.4) is 0 Å². The Balaban J connectivity index is 1.75. The van der Waals surface area contributed by atoms with E-state index in [1.165, 1.54) is 0 Å². The van der Waals surface area contributed by atoms with Crippen molar-refractivity contribution in [2.24, 2.45) is 4.99 Å². The summed E-state index contributed by atoms with van der Waals surface area (Å²) < 4.78 is 6.13. The molecule has 2 aliphatic rings. The van der Waals surface area contributed by atoms with Crippen LogP contribution in [-0.2, 0) is 16.5 Å². The van der Waals surface area contributed by atoms with Crippen molar-refractivity contribution in [2.45, 2.75) is 58.0 Å². The number of β-amino-alcohol motifs (C(OH)–C–C–N with tert-alkyl or cyclic N) is 1. The van der Waals surface area contributed by atoms with Crippen LogP contribution < -0.4 is 4.74 Å². The Morgan fingerprint density at radius 3 is 2.07 bits per heavy atom. The fourth-order valence-electron chi connectivity index (χ4n) is 6.14. The second-order valence-electron chi connectivity index (χ2n) is 12.9. The summed E-state index contributed by atoms with van der Waals surface area (Å²) in [5.74, 6) is 1.43. The first-order valence-corrected chi connectivity index (χ1v) is 16.1. The number of benzene rings is 2. The molecule has 1 N–H and O–H groups in total. The van der Waals surface area contributed by atoms with Gasteiger partial charge in [0, 0.05) is 54.4 Å². The fourth-order valence-corrected chi connectivity index (χ4v) is 6.39. The molecule has 2 aromatic carbocycles. The van der Waals surface area contributed by atoms with Crippen LogP contribution in [0, 0.1) is 0 Å². The summed E-state index contributed by atoms with van der Waals surface area (Å²) in [6.07, 6.45) is 1.73. The van der Waals surface area contributed by atoms with Gasteiger partial charge < -0.3 is 14.7 Å². The van der Waals surface area contributed by atoms with Gasteiger partial charge in [-0.05, 0) is 56.2 Å². The number of piperazine rings is 1. The Hall–Kier alpha value is -3.24. The highest BCUT2D eigenvalue weighted by molar-refractivity contribution is 6.30. The SMILES string of the molecule is CCOc1nc(C(C)(C)C)ncc1C1=N[C@@](C)(c2ccc(Cl)cc2)[C@@](C)(c2ccc(Cl)cc2)N1C(=O)N1CCN(CCO)CC1. The summed E-state index contributed by atoms with van der Waals surface area (Å²) in [7, 11) is 0. The molecule has 2 atom stereocenters. The van der Waals surface area contributed by atoms with Crippen molar-refractivity contribution in [3.05, 3.63) is 87.3 Å². The summed E-state index contributed by atoms with van der Waals surface area (Å²) in [6, 6.07) is 15.0. The molecule has 2 aliphatic heterocycles. The van der Waals surface area contributed by atoms with E-state index in [2.05, 4.69) is 4.90 Å². The van der Waals surface area contributed by atoms with Crippen LogP contribution in [0.4, 0.5) is 4.79 Å². The Morgan fingerprint density at radius 1 is 0.956 bits per heavy atom. The third-order valence-electron chi connectivity index (χ3n) is 8.95. The highest BCUT2D eigenvalue weighted by atomic mass is 35.5. The Bertz CT molecular complexity index is 1550. The first kappa shape index (κ1) is 33.1.